The Hall–Kier alpha value is -3.37. The number of methoxy groups -OCH3 is 1. The minimum Gasteiger partial charge on any atom is -0.496 e. The molecule has 4 rings (SSSR count). The summed E-state index contributed by atoms with van der Waals surface area (Å²) >= 11 is 0. The Bertz CT molecular complexity index is 1070. The van der Waals surface area contributed by atoms with Crippen LogP contribution in [0.1, 0.15) is 36.0 Å². The van der Waals surface area contributed by atoms with Gasteiger partial charge in [0.2, 0.25) is 5.91 Å². The molecule has 2 amide bonds. The molecule has 0 aromatic heterocycles. The zero-order chi connectivity index (χ0) is 22.2. The number of nitrogens with zero attached hydrogens (tertiary/aromatic N) is 3. The summed E-state index contributed by atoms with van der Waals surface area (Å²) in [5.74, 6) is 0.293. The molecule has 2 aromatic carbocycles. The number of fused-ring (bicyclic) bond motifs is 1. The molecule has 0 bridgehead atoms. The lowest BCUT2D eigenvalue weighted by Gasteiger charge is -2.47. The van der Waals surface area contributed by atoms with E-state index in [0.29, 0.717) is 41.1 Å². The first-order valence-electron chi connectivity index (χ1n) is 10.4. The minimum atomic E-state index is -1.27. The van der Waals surface area contributed by atoms with Crippen molar-refractivity contribution in [2.45, 2.75) is 30.8 Å². The number of hydrogen-bond donors (Lipinski definition) is 1. The van der Waals surface area contributed by atoms with Crippen LogP contribution >= 0.6 is 0 Å². The maximum absolute atomic E-state index is 13.8. The molecule has 0 spiro atoms. The fourth-order valence-electron chi connectivity index (χ4n) is 4.90. The van der Waals surface area contributed by atoms with Gasteiger partial charge in [-0.25, -0.2) is 0 Å². The van der Waals surface area contributed by atoms with Crippen molar-refractivity contribution in [3.8, 4) is 11.8 Å². The van der Waals surface area contributed by atoms with Gasteiger partial charge < -0.3 is 15.0 Å². The molecule has 2 atom stereocenters. The number of carbonyl (C=O) groups is 2. The van der Waals surface area contributed by atoms with Crippen LogP contribution in [-0.4, -0.2) is 55.4 Å². The largest absolute Gasteiger partial charge is 0.496 e. The molecule has 160 valence electrons. The lowest BCUT2D eigenvalue weighted by molar-refractivity contribution is -0.142. The van der Waals surface area contributed by atoms with E-state index in [1.54, 1.807) is 44.3 Å². The highest BCUT2D eigenvalue weighted by atomic mass is 16.5. The Balaban J connectivity index is 2.04. The molecule has 1 fully saturated rings. The van der Waals surface area contributed by atoms with Gasteiger partial charge in [0.25, 0.3) is 5.91 Å². The number of ether oxygens (including phenoxy) is 1. The van der Waals surface area contributed by atoms with E-state index in [1.807, 2.05) is 29.2 Å². The van der Waals surface area contributed by atoms with Crippen molar-refractivity contribution in [1.29, 1.82) is 5.26 Å². The van der Waals surface area contributed by atoms with Gasteiger partial charge in [0.05, 0.1) is 24.8 Å². The summed E-state index contributed by atoms with van der Waals surface area (Å²) in [6.07, 6.45) is 2.44. The van der Waals surface area contributed by atoms with Crippen molar-refractivity contribution < 1.29 is 14.3 Å². The number of likely N-dealkylation sites (tertiary alicyclic amines) is 1. The van der Waals surface area contributed by atoms with Crippen LogP contribution in [0.15, 0.2) is 42.5 Å². The van der Waals surface area contributed by atoms with Crippen LogP contribution < -0.4 is 10.1 Å². The number of amides is 2. The molecule has 2 aromatic rings. The Morgan fingerprint density at radius 2 is 2.00 bits per heavy atom. The summed E-state index contributed by atoms with van der Waals surface area (Å²) in [7, 11) is 5.05. The van der Waals surface area contributed by atoms with Crippen molar-refractivity contribution in [3.63, 3.8) is 0 Å². The monoisotopic (exact) mass is 418 g/mol. The smallest absolute Gasteiger partial charge is 0.254 e. The zero-order valence-corrected chi connectivity index (χ0v) is 18.0. The van der Waals surface area contributed by atoms with E-state index < -0.39 is 11.6 Å². The molecule has 7 nitrogen and oxygen atoms in total. The molecule has 2 aliphatic rings. The number of nitriles is 1. The Morgan fingerprint density at radius 1 is 1.23 bits per heavy atom. The summed E-state index contributed by atoms with van der Waals surface area (Å²) in [5.41, 5.74) is 1.19. The van der Waals surface area contributed by atoms with Crippen LogP contribution in [-0.2, 0) is 15.1 Å². The third-order valence-corrected chi connectivity index (χ3v) is 6.27. The van der Waals surface area contributed by atoms with Gasteiger partial charge in [0.1, 0.15) is 5.75 Å². The molecule has 31 heavy (non-hydrogen) atoms. The molecule has 1 saturated heterocycles. The van der Waals surface area contributed by atoms with E-state index in [1.165, 1.54) is 0 Å². The zero-order valence-electron chi connectivity index (χ0n) is 18.0. The van der Waals surface area contributed by atoms with Crippen LogP contribution in [0.5, 0.6) is 5.75 Å². The first-order valence-corrected chi connectivity index (χ1v) is 10.4. The second-order valence-electron chi connectivity index (χ2n) is 8.17. The molecule has 2 aliphatic heterocycles. The highest BCUT2D eigenvalue weighted by molar-refractivity contribution is 6.09. The topological polar surface area (TPSA) is 85.7 Å². The highest BCUT2D eigenvalue weighted by Gasteiger charge is 2.57. The van der Waals surface area contributed by atoms with Crippen molar-refractivity contribution in [2.75, 3.05) is 33.1 Å². The molecular weight excluding hydrogens is 392 g/mol. The van der Waals surface area contributed by atoms with Gasteiger partial charge in [-0.2, -0.15) is 5.26 Å². The van der Waals surface area contributed by atoms with E-state index in [4.69, 9.17) is 4.74 Å². The van der Waals surface area contributed by atoms with Gasteiger partial charge in [0.15, 0.2) is 5.54 Å². The van der Waals surface area contributed by atoms with Gasteiger partial charge in [-0.15, -0.1) is 0 Å². The molecule has 0 saturated carbocycles. The average molecular weight is 418 g/mol. The number of hydrogen-bond acceptors (Lipinski definition) is 5. The number of piperidine rings is 1. The first kappa shape index (κ1) is 20.9. The third kappa shape index (κ3) is 3.15. The molecule has 2 heterocycles. The summed E-state index contributed by atoms with van der Waals surface area (Å²) in [6.45, 7) is 0.575. The van der Waals surface area contributed by atoms with E-state index >= 15 is 0 Å². The number of nitrogens with one attached hydrogen (secondary N) is 1. The second kappa shape index (κ2) is 8.05. The molecule has 1 N–H and O–H groups in total. The van der Waals surface area contributed by atoms with Crippen molar-refractivity contribution >= 4 is 17.5 Å². The van der Waals surface area contributed by atoms with Gasteiger partial charge >= 0.3 is 0 Å². The highest BCUT2D eigenvalue weighted by Crippen LogP contribution is 2.50. The lowest BCUT2D eigenvalue weighted by atomic mass is 9.78. The lowest BCUT2D eigenvalue weighted by Crippen LogP contribution is -2.61. The summed E-state index contributed by atoms with van der Waals surface area (Å²) < 4.78 is 5.67. The van der Waals surface area contributed by atoms with Crippen molar-refractivity contribution in [1.82, 2.24) is 9.80 Å². The summed E-state index contributed by atoms with van der Waals surface area (Å²) in [6, 6.07) is 14.3. The van der Waals surface area contributed by atoms with Gasteiger partial charge in [-0.1, -0.05) is 24.6 Å². The maximum Gasteiger partial charge on any atom is 0.254 e. The average Bonchev–Trinajstić information content (AvgIpc) is 3.09. The van der Waals surface area contributed by atoms with E-state index in [0.717, 1.165) is 12.8 Å². The maximum atomic E-state index is 13.8. The molecule has 0 radical (unpaired) electrons. The summed E-state index contributed by atoms with van der Waals surface area (Å²) in [4.78, 5) is 30.6. The normalized spacial score (nSPS) is 22.9. The predicted molar refractivity (Wildman–Crippen MR) is 117 cm³/mol. The number of anilines is 1. The van der Waals surface area contributed by atoms with Crippen LogP contribution in [0.3, 0.4) is 0 Å². The third-order valence-electron chi connectivity index (χ3n) is 6.27. The SMILES string of the molecule is COc1ccccc1[C@]1(N2CCCCC2C(=O)N(C)C)C(=O)Nc2ccc(C#N)cc21. The van der Waals surface area contributed by atoms with Crippen LogP contribution in [0.2, 0.25) is 0 Å². The molecule has 7 heteroatoms. The van der Waals surface area contributed by atoms with Crippen molar-refractivity contribution in [3.05, 3.63) is 59.2 Å². The van der Waals surface area contributed by atoms with E-state index in [-0.39, 0.29) is 11.8 Å². The molecular formula is C24H26N4O3. The predicted octanol–water partition coefficient (Wildman–Crippen LogP) is 2.71. The Kier molecular flexibility index (Phi) is 5.42. The van der Waals surface area contributed by atoms with Crippen LogP contribution in [0.25, 0.3) is 0 Å². The number of likely N-dealkylation sites (N-methyl/N-ethyl adjacent to an activating group) is 1. The van der Waals surface area contributed by atoms with Gasteiger partial charge in [-0.3, -0.25) is 14.5 Å². The second-order valence-corrected chi connectivity index (χ2v) is 8.17. The van der Waals surface area contributed by atoms with E-state index in [2.05, 4.69) is 11.4 Å². The number of para-hydroxylation sites is 1. The van der Waals surface area contributed by atoms with Gasteiger partial charge in [-0.05, 0) is 37.1 Å². The number of rotatable bonds is 4. The minimum absolute atomic E-state index is 0.0355. The molecule has 0 aliphatic carbocycles. The quantitative estimate of drug-likeness (QED) is 0.825. The fourth-order valence-corrected chi connectivity index (χ4v) is 4.90. The number of carbonyl (C=O) groups excluding carboxylic acids is 2. The van der Waals surface area contributed by atoms with Gasteiger partial charge in [0, 0.05) is 37.5 Å². The van der Waals surface area contributed by atoms with Crippen molar-refractivity contribution in [2.24, 2.45) is 0 Å². The number of benzene rings is 2. The molecule has 1 unspecified atom stereocenters. The van der Waals surface area contributed by atoms with Crippen LogP contribution in [0.4, 0.5) is 5.69 Å². The summed E-state index contributed by atoms with van der Waals surface area (Å²) in [5, 5.41) is 12.6. The Morgan fingerprint density at radius 3 is 2.71 bits per heavy atom. The fraction of sp³-hybridized carbons (Fsp3) is 0.375. The standard InChI is InChI=1S/C24H26N4O3/c1-27(2)22(29)20-9-6-7-13-28(20)24(17-8-4-5-10-21(17)31-3)18-14-16(15-25)11-12-19(18)26-23(24)30/h4-5,8,10-12,14,20H,6-7,9,13H2,1-3H3,(H,26,30)/t20?,24-/m1/s1. The van der Waals surface area contributed by atoms with E-state index in [9.17, 15) is 14.9 Å². The van der Waals surface area contributed by atoms with Crippen LogP contribution in [0, 0.1) is 11.3 Å². The Labute approximate surface area is 182 Å². The first-order chi connectivity index (χ1) is 14.9.